The molecule has 3 aromatic rings. The average Bonchev–Trinajstić information content (AvgIpc) is 2.92. The van der Waals surface area contributed by atoms with Gasteiger partial charge >= 0.3 is 0 Å². The van der Waals surface area contributed by atoms with Gasteiger partial charge in [0.15, 0.2) is 17.2 Å². The first kappa shape index (κ1) is 13.4. The van der Waals surface area contributed by atoms with Gasteiger partial charge in [0.25, 0.3) is 0 Å². The van der Waals surface area contributed by atoms with Crippen LogP contribution in [-0.4, -0.2) is 14.6 Å². The summed E-state index contributed by atoms with van der Waals surface area (Å²) in [5, 5.41) is 25.5. The van der Waals surface area contributed by atoms with Crippen molar-refractivity contribution >= 4 is 22.8 Å². The van der Waals surface area contributed by atoms with E-state index in [-0.39, 0.29) is 0 Å². The minimum atomic E-state index is 0.298. The summed E-state index contributed by atoms with van der Waals surface area (Å²) >= 11 is 0. The molecular weight excluding hydrogens is 278 g/mol. The number of hydrogen-bond donors (Lipinski definition) is 2. The lowest BCUT2D eigenvalue weighted by Gasteiger charge is -2.08. The van der Waals surface area contributed by atoms with E-state index in [2.05, 4.69) is 21.5 Å². The van der Waals surface area contributed by atoms with E-state index in [1.54, 1.807) is 12.1 Å². The first-order valence-electron chi connectivity index (χ1n) is 6.44. The van der Waals surface area contributed by atoms with Crippen molar-refractivity contribution in [2.45, 2.75) is 6.92 Å². The molecule has 7 heteroatoms. The largest absolute Gasteiger partial charge is 0.396 e. The number of aromatic nitrogens is 3. The highest BCUT2D eigenvalue weighted by Crippen LogP contribution is 2.22. The molecule has 2 heterocycles. The fourth-order valence-corrected chi connectivity index (χ4v) is 2.10. The van der Waals surface area contributed by atoms with E-state index in [1.807, 2.05) is 25.1 Å². The van der Waals surface area contributed by atoms with Crippen molar-refractivity contribution in [3.05, 3.63) is 47.3 Å². The SMILES string of the molecule is Cc1ccc(Nc2cc(N)c3ncc(C#N)n3n2)cc1C#N. The molecule has 1 aromatic carbocycles. The maximum Gasteiger partial charge on any atom is 0.178 e. The van der Waals surface area contributed by atoms with Crippen molar-refractivity contribution in [1.82, 2.24) is 14.6 Å². The summed E-state index contributed by atoms with van der Waals surface area (Å²) in [7, 11) is 0. The zero-order valence-corrected chi connectivity index (χ0v) is 11.7. The fourth-order valence-electron chi connectivity index (χ4n) is 2.10. The van der Waals surface area contributed by atoms with E-state index in [9.17, 15) is 0 Å². The van der Waals surface area contributed by atoms with Gasteiger partial charge < -0.3 is 11.1 Å². The van der Waals surface area contributed by atoms with Crippen molar-refractivity contribution in [1.29, 1.82) is 10.5 Å². The van der Waals surface area contributed by atoms with E-state index < -0.39 is 0 Å². The summed E-state index contributed by atoms with van der Waals surface area (Å²) < 4.78 is 1.39. The topological polar surface area (TPSA) is 116 Å². The third-order valence-corrected chi connectivity index (χ3v) is 3.24. The Morgan fingerprint density at radius 2 is 2.05 bits per heavy atom. The van der Waals surface area contributed by atoms with Crippen LogP contribution < -0.4 is 11.1 Å². The molecule has 0 saturated carbocycles. The third kappa shape index (κ3) is 2.17. The van der Waals surface area contributed by atoms with Crippen LogP contribution in [0.3, 0.4) is 0 Å². The summed E-state index contributed by atoms with van der Waals surface area (Å²) in [6.45, 7) is 1.87. The molecule has 22 heavy (non-hydrogen) atoms. The van der Waals surface area contributed by atoms with Gasteiger partial charge in [-0.25, -0.2) is 4.98 Å². The maximum absolute atomic E-state index is 9.07. The second kappa shape index (κ2) is 5.08. The molecule has 2 aromatic heterocycles. The number of nitrogens with two attached hydrogens (primary N) is 1. The Bertz CT molecular complexity index is 956. The van der Waals surface area contributed by atoms with Crippen LogP contribution in [-0.2, 0) is 0 Å². The normalized spacial score (nSPS) is 10.1. The van der Waals surface area contributed by atoms with E-state index in [1.165, 1.54) is 10.7 Å². The smallest absolute Gasteiger partial charge is 0.178 e. The molecule has 0 atom stereocenters. The van der Waals surface area contributed by atoms with Crippen LogP contribution in [0.4, 0.5) is 17.2 Å². The van der Waals surface area contributed by atoms with E-state index >= 15 is 0 Å². The number of nitriles is 2. The number of nitrogens with one attached hydrogen (secondary N) is 1. The number of benzene rings is 1. The number of fused-ring (bicyclic) bond motifs is 1. The molecule has 3 N–H and O–H groups in total. The summed E-state index contributed by atoms with van der Waals surface area (Å²) in [4.78, 5) is 4.06. The molecular formula is C15H11N7. The van der Waals surface area contributed by atoms with Crippen LogP contribution in [0.15, 0.2) is 30.5 Å². The van der Waals surface area contributed by atoms with E-state index in [4.69, 9.17) is 16.3 Å². The quantitative estimate of drug-likeness (QED) is 0.746. The lowest BCUT2D eigenvalue weighted by molar-refractivity contribution is 0.928. The van der Waals surface area contributed by atoms with Gasteiger partial charge in [-0.15, -0.1) is 5.10 Å². The first-order valence-corrected chi connectivity index (χ1v) is 6.44. The molecule has 0 radical (unpaired) electrons. The zero-order chi connectivity index (χ0) is 15.7. The van der Waals surface area contributed by atoms with Crippen LogP contribution in [0.5, 0.6) is 0 Å². The summed E-state index contributed by atoms with van der Waals surface area (Å²) in [6.07, 6.45) is 1.42. The fraction of sp³-hybridized carbons (Fsp3) is 0.0667. The summed E-state index contributed by atoms with van der Waals surface area (Å²) in [6, 6.07) is 11.2. The van der Waals surface area contributed by atoms with Crippen LogP contribution in [0, 0.1) is 29.6 Å². The standard InChI is InChI=1S/C15H11N7/c1-9-2-3-11(4-10(9)6-16)20-14-5-13(18)15-19-8-12(7-17)22(15)21-14/h2-5,8H,18H2,1H3,(H,20,21). The Kier molecular flexibility index (Phi) is 3.09. The highest BCUT2D eigenvalue weighted by molar-refractivity contribution is 5.71. The molecule has 7 nitrogen and oxygen atoms in total. The maximum atomic E-state index is 9.07. The molecule has 0 aliphatic rings. The molecule has 0 spiro atoms. The second-order valence-corrected chi connectivity index (χ2v) is 4.74. The zero-order valence-electron chi connectivity index (χ0n) is 11.7. The summed E-state index contributed by atoms with van der Waals surface area (Å²) in [5.74, 6) is 0.465. The van der Waals surface area contributed by atoms with Crippen molar-refractivity contribution in [3.8, 4) is 12.1 Å². The molecule has 0 aliphatic heterocycles. The first-order chi connectivity index (χ1) is 10.6. The number of aryl methyl sites for hydroxylation is 1. The Balaban J connectivity index is 2.04. The Morgan fingerprint density at radius 3 is 2.77 bits per heavy atom. The van der Waals surface area contributed by atoms with Gasteiger partial charge in [0.2, 0.25) is 0 Å². The van der Waals surface area contributed by atoms with Gasteiger partial charge in [0.1, 0.15) is 6.07 Å². The minimum Gasteiger partial charge on any atom is -0.396 e. The van der Waals surface area contributed by atoms with Gasteiger partial charge in [0, 0.05) is 11.8 Å². The molecule has 0 fully saturated rings. The van der Waals surface area contributed by atoms with Crippen LogP contribution in [0.25, 0.3) is 5.65 Å². The summed E-state index contributed by atoms with van der Waals surface area (Å²) in [5.41, 5.74) is 9.27. The lowest BCUT2D eigenvalue weighted by atomic mass is 10.1. The van der Waals surface area contributed by atoms with Gasteiger partial charge in [0.05, 0.1) is 23.5 Å². The number of imidazole rings is 1. The van der Waals surface area contributed by atoms with Crippen molar-refractivity contribution in [2.24, 2.45) is 0 Å². The molecule has 106 valence electrons. The minimum absolute atomic E-state index is 0.298. The Hall–Kier alpha value is -3.58. The van der Waals surface area contributed by atoms with Crippen LogP contribution in [0.2, 0.25) is 0 Å². The number of anilines is 3. The molecule has 0 bridgehead atoms. The molecule has 0 saturated heterocycles. The van der Waals surface area contributed by atoms with E-state index in [0.717, 1.165) is 5.56 Å². The molecule has 3 rings (SSSR count). The Labute approximate surface area is 126 Å². The third-order valence-electron chi connectivity index (χ3n) is 3.24. The number of nitrogen functional groups attached to an aromatic ring is 1. The average molecular weight is 289 g/mol. The number of rotatable bonds is 2. The predicted molar refractivity (Wildman–Crippen MR) is 81.3 cm³/mol. The highest BCUT2D eigenvalue weighted by atomic mass is 15.3. The monoisotopic (exact) mass is 289 g/mol. The predicted octanol–water partition coefficient (Wildman–Crippen LogP) is 2.11. The highest BCUT2D eigenvalue weighted by Gasteiger charge is 2.09. The van der Waals surface area contributed by atoms with E-state index in [0.29, 0.717) is 34.1 Å². The molecule has 0 aliphatic carbocycles. The van der Waals surface area contributed by atoms with Crippen molar-refractivity contribution in [2.75, 3.05) is 11.1 Å². The second-order valence-electron chi connectivity index (χ2n) is 4.74. The van der Waals surface area contributed by atoms with Crippen molar-refractivity contribution in [3.63, 3.8) is 0 Å². The number of hydrogen-bond acceptors (Lipinski definition) is 6. The van der Waals surface area contributed by atoms with Crippen LogP contribution >= 0.6 is 0 Å². The van der Waals surface area contributed by atoms with Crippen molar-refractivity contribution < 1.29 is 0 Å². The molecule has 0 unspecified atom stereocenters. The Morgan fingerprint density at radius 1 is 1.23 bits per heavy atom. The van der Waals surface area contributed by atoms with Gasteiger partial charge in [-0.3, -0.25) is 0 Å². The number of nitrogens with zero attached hydrogens (tertiary/aromatic N) is 5. The van der Waals surface area contributed by atoms with Crippen LogP contribution in [0.1, 0.15) is 16.8 Å². The van der Waals surface area contributed by atoms with Gasteiger partial charge in [-0.05, 0) is 24.6 Å². The van der Waals surface area contributed by atoms with Gasteiger partial charge in [-0.2, -0.15) is 15.0 Å². The molecule has 0 amide bonds. The van der Waals surface area contributed by atoms with Gasteiger partial charge in [-0.1, -0.05) is 6.07 Å². The lowest BCUT2D eigenvalue weighted by Crippen LogP contribution is -2.04.